The lowest BCUT2D eigenvalue weighted by molar-refractivity contribution is -0.212. The van der Waals surface area contributed by atoms with E-state index >= 15 is 0 Å². The quantitative estimate of drug-likeness (QED) is 0.329. The van der Waals surface area contributed by atoms with Crippen molar-refractivity contribution in [1.82, 2.24) is 10.2 Å². The monoisotopic (exact) mass is 612 g/mol. The van der Waals surface area contributed by atoms with Crippen molar-refractivity contribution < 1.29 is 8.60 Å². The summed E-state index contributed by atoms with van der Waals surface area (Å²) in [6.45, 7) is 14.9. The molecule has 242 valence electrons. The summed E-state index contributed by atoms with van der Waals surface area (Å²) in [7, 11) is -0.585. The first kappa shape index (κ1) is 31.1. The number of nitrogens with one attached hydrogen (secondary N) is 1. The Morgan fingerprint density at radius 2 is 1.74 bits per heavy atom. The second kappa shape index (κ2) is 11.6. The van der Waals surface area contributed by atoms with Gasteiger partial charge in [0.2, 0.25) is 0 Å². The van der Waals surface area contributed by atoms with E-state index in [1.165, 1.54) is 64.2 Å². The maximum Gasteiger partial charge on any atom is 0.0925 e. The molecule has 5 fully saturated rings. The smallest absolute Gasteiger partial charge is 0.0925 e. The topological polar surface area (TPSA) is 32.3 Å². The summed E-state index contributed by atoms with van der Waals surface area (Å²) >= 11 is 0. The highest BCUT2D eigenvalue weighted by Crippen LogP contribution is 2.75. The summed E-state index contributed by atoms with van der Waals surface area (Å²) in [5, 5.41) is 4.24. The van der Waals surface area contributed by atoms with Gasteiger partial charge in [-0.15, -0.1) is 0 Å². The average Bonchev–Trinajstić information content (AvgIpc) is 3.43. The van der Waals surface area contributed by atoms with Crippen LogP contribution < -0.4 is 5.32 Å². The standard InChI is InChI=1S/C38H61FN2OS/c1-27-30(29-9-7-28(26-39)8-10-29)13-16-35(2)31(27)14-17-37(4)34(35)12-11-32-33-6-5-15-38(33,19-18-36(32,37)3)40-20-21-41-22-24-43(42)25-23-41/h9,13,27-28,31-34,40H,5-8,10-12,14-26H2,1-4H3/t27?,28?,31?,32?,33-,34?,35?,36-,37?,38?/m1/s1. The van der Waals surface area contributed by atoms with Gasteiger partial charge in [0, 0.05) is 54.0 Å². The van der Waals surface area contributed by atoms with Crippen LogP contribution in [0.4, 0.5) is 4.39 Å². The molecule has 0 bridgehead atoms. The van der Waals surface area contributed by atoms with Crippen molar-refractivity contribution in [2.75, 3.05) is 44.4 Å². The summed E-state index contributed by atoms with van der Waals surface area (Å²) < 4.78 is 25.1. The molecule has 8 unspecified atom stereocenters. The first-order chi connectivity index (χ1) is 20.6. The minimum absolute atomic E-state index is 0.153. The first-order valence-corrected chi connectivity index (χ1v) is 19.9. The first-order valence-electron chi connectivity index (χ1n) is 18.4. The van der Waals surface area contributed by atoms with Gasteiger partial charge in [0.05, 0.1) is 6.67 Å². The van der Waals surface area contributed by atoms with Crippen LogP contribution in [0.2, 0.25) is 0 Å². The van der Waals surface area contributed by atoms with Gasteiger partial charge in [-0.3, -0.25) is 8.60 Å². The lowest BCUT2D eigenvalue weighted by atomic mass is 9.34. The maximum atomic E-state index is 13.3. The molecule has 0 spiro atoms. The van der Waals surface area contributed by atoms with Gasteiger partial charge in [-0.05, 0) is 140 Å². The van der Waals surface area contributed by atoms with Crippen molar-refractivity contribution in [3.8, 4) is 0 Å². The summed E-state index contributed by atoms with van der Waals surface area (Å²) in [4.78, 5) is 2.55. The lowest BCUT2D eigenvalue weighted by Gasteiger charge is -2.71. The third-order valence-corrected chi connectivity index (χ3v) is 17.1. The van der Waals surface area contributed by atoms with Crippen LogP contribution in [0, 0.1) is 51.8 Å². The van der Waals surface area contributed by atoms with Crippen LogP contribution in [0.1, 0.15) is 111 Å². The van der Waals surface area contributed by atoms with Crippen molar-refractivity contribution in [2.24, 2.45) is 51.8 Å². The van der Waals surface area contributed by atoms with Gasteiger partial charge < -0.3 is 10.2 Å². The molecule has 43 heavy (non-hydrogen) atoms. The summed E-state index contributed by atoms with van der Waals surface area (Å²) in [5.41, 5.74) is 4.85. The highest BCUT2D eigenvalue weighted by molar-refractivity contribution is 7.85. The Labute approximate surface area is 265 Å². The van der Waals surface area contributed by atoms with Crippen LogP contribution in [-0.4, -0.2) is 59.0 Å². The van der Waals surface area contributed by atoms with Crippen molar-refractivity contribution >= 4 is 10.8 Å². The van der Waals surface area contributed by atoms with Gasteiger partial charge in [0.25, 0.3) is 0 Å². The summed E-state index contributed by atoms with van der Waals surface area (Å²) in [6, 6.07) is 0. The minimum atomic E-state index is -0.585. The molecule has 1 saturated heterocycles. The van der Waals surface area contributed by atoms with Gasteiger partial charge in [-0.2, -0.15) is 0 Å². The Morgan fingerprint density at radius 3 is 2.49 bits per heavy atom. The van der Waals surface area contributed by atoms with Crippen LogP contribution in [0.15, 0.2) is 23.3 Å². The van der Waals surface area contributed by atoms with E-state index in [0.29, 0.717) is 27.7 Å². The zero-order valence-electron chi connectivity index (χ0n) is 27.9. The molecule has 1 N–H and O–H groups in total. The average molecular weight is 613 g/mol. The fraction of sp³-hybridized carbons (Fsp3) is 0.895. The van der Waals surface area contributed by atoms with Gasteiger partial charge >= 0.3 is 0 Å². The van der Waals surface area contributed by atoms with Gasteiger partial charge in [0.1, 0.15) is 0 Å². The normalized spacial score (nSPS) is 48.9. The van der Waals surface area contributed by atoms with Gasteiger partial charge in [0.15, 0.2) is 0 Å². The fourth-order valence-electron chi connectivity index (χ4n) is 13.2. The molecule has 4 saturated carbocycles. The van der Waals surface area contributed by atoms with E-state index < -0.39 is 10.8 Å². The predicted octanol–water partition coefficient (Wildman–Crippen LogP) is 8.09. The Hall–Kier alpha value is -0.520. The molecule has 0 amide bonds. The third-order valence-electron chi connectivity index (χ3n) is 15.8. The Bertz CT molecular complexity index is 1140. The van der Waals surface area contributed by atoms with Gasteiger partial charge in [-0.25, -0.2) is 0 Å². The predicted molar refractivity (Wildman–Crippen MR) is 178 cm³/mol. The van der Waals surface area contributed by atoms with Crippen molar-refractivity contribution in [1.29, 1.82) is 0 Å². The Balaban J connectivity index is 1.08. The molecule has 3 nitrogen and oxygen atoms in total. The maximum absolute atomic E-state index is 13.3. The Morgan fingerprint density at radius 1 is 0.930 bits per heavy atom. The molecule has 7 rings (SSSR count). The molecular weight excluding hydrogens is 551 g/mol. The highest BCUT2D eigenvalue weighted by atomic mass is 32.2. The van der Waals surface area contributed by atoms with Crippen molar-refractivity contribution in [3.63, 3.8) is 0 Å². The number of nitrogens with zero attached hydrogens (tertiary/aromatic N) is 1. The zero-order valence-corrected chi connectivity index (χ0v) is 28.7. The molecule has 0 aromatic heterocycles. The van der Waals surface area contributed by atoms with Crippen LogP contribution in [0.3, 0.4) is 0 Å². The fourth-order valence-corrected chi connectivity index (χ4v) is 14.3. The van der Waals surface area contributed by atoms with Crippen LogP contribution in [0.5, 0.6) is 0 Å². The molecule has 0 radical (unpaired) electrons. The van der Waals surface area contributed by atoms with E-state index in [1.54, 1.807) is 11.1 Å². The molecule has 0 aromatic rings. The number of rotatable bonds is 6. The number of hydrogen-bond donors (Lipinski definition) is 1. The van der Waals surface area contributed by atoms with E-state index in [2.05, 4.69) is 50.1 Å². The van der Waals surface area contributed by atoms with E-state index in [1.807, 2.05) is 0 Å². The number of halogens is 1. The summed E-state index contributed by atoms with van der Waals surface area (Å²) in [6.07, 6.45) is 22.0. The number of allylic oxidation sites excluding steroid dienone is 4. The van der Waals surface area contributed by atoms with E-state index in [4.69, 9.17) is 0 Å². The molecule has 0 aromatic carbocycles. The molecule has 10 atom stereocenters. The van der Waals surface area contributed by atoms with Gasteiger partial charge in [-0.1, -0.05) is 46.3 Å². The number of alkyl halides is 1. The molecular formula is C38H61FN2OS. The highest BCUT2D eigenvalue weighted by Gasteiger charge is 2.68. The minimum Gasteiger partial charge on any atom is -0.310 e. The van der Waals surface area contributed by atoms with Crippen molar-refractivity contribution in [3.05, 3.63) is 23.3 Å². The SMILES string of the molecule is CC1C(C2=CCC(CF)CC2)=CCC2(C)C1CCC1(C)C2CCC2[C@H]3CCCC3(NCCN3CCS(=O)CC3)CC[C@]21C. The molecule has 1 aliphatic heterocycles. The van der Waals surface area contributed by atoms with E-state index in [-0.39, 0.29) is 12.6 Å². The second-order valence-electron chi connectivity index (χ2n) is 17.2. The third kappa shape index (κ3) is 4.93. The lowest BCUT2D eigenvalue weighted by Crippen LogP contribution is -2.67. The van der Waals surface area contributed by atoms with Crippen molar-refractivity contribution in [2.45, 2.75) is 117 Å². The number of hydrogen-bond acceptors (Lipinski definition) is 3. The molecule has 1 heterocycles. The summed E-state index contributed by atoms with van der Waals surface area (Å²) in [5.74, 6) is 5.93. The largest absolute Gasteiger partial charge is 0.310 e. The zero-order chi connectivity index (χ0) is 30.0. The van der Waals surface area contributed by atoms with Crippen LogP contribution in [-0.2, 0) is 10.8 Å². The van der Waals surface area contributed by atoms with E-state index in [9.17, 15) is 8.60 Å². The molecule has 6 aliphatic carbocycles. The molecule has 7 aliphatic rings. The number of fused-ring (bicyclic) bond motifs is 7. The Kier molecular flexibility index (Phi) is 8.40. The van der Waals surface area contributed by atoms with Crippen LogP contribution >= 0.6 is 0 Å². The molecule has 5 heteroatoms. The second-order valence-corrected chi connectivity index (χ2v) is 18.9. The van der Waals surface area contributed by atoms with E-state index in [0.717, 1.165) is 80.6 Å². The van der Waals surface area contributed by atoms with Crippen LogP contribution in [0.25, 0.3) is 0 Å².